The number of hydrogen-bond acceptors (Lipinski definition) is 3. The van der Waals surface area contributed by atoms with Gasteiger partial charge in [-0.25, -0.2) is 13.6 Å². The van der Waals surface area contributed by atoms with Crippen LogP contribution in [0.25, 0.3) is 5.57 Å². The van der Waals surface area contributed by atoms with Crippen LogP contribution in [0, 0.1) is 5.41 Å². The summed E-state index contributed by atoms with van der Waals surface area (Å²) in [6.07, 6.45) is 10.1. The zero-order valence-electron chi connectivity index (χ0n) is 18.1. The first-order valence-corrected chi connectivity index (χ1v) is 10.4. The van der Waals surface area contributed by atoms with E-state index in [-0.39, 0.29) is 10.7 Å². The molecule has 31 heavy (non-hydrogen) atoms. The van der Waals surface area contributed by atoms with Gasteiger partial charge in [-0.3, -0.25) is 10.4 Å². The molecule has 0 aromatic carbocycles. The van der Waals surface area contributed by atoms with Crippen molar-refractivity contribution >= 4 is 28.9 Å². The summed E-state index contributed by atoms with van der Waals surface area (Å²) in [5.74, 6) is -3.01. The Hall–Kier alpha value is -2.80. The van der Waals surface area contributed by atoms with Gasteiger partial charge in [0.05, 0.1) is 17.3 Å². The Morgan fingerprint density at radius 3 is 2.65 bits per heavy atom. The van der Waals surface area contributed by atoms with Crippen molar-refractivity contribution in [3.05, 3.63) is 69.7 Å². The first-order chi connectivity index (χ1) is 14.6. The number of aryl methyl sites for hydroxylation is 1. The number of hydrogen-bond donors (Lipinski definition) is 3. The van der Waals surface area contributed by atoms with E-state index in [0.717, 1.165) is 35.6 Å². The van der Waals surface area contributed by atoms with E-state index in [1.165, 1.54) is 0 Å². The number of allylic oxidation sites excluding steroid dienone is 7. The van der Waals surface area contributed by atoms with Gasteiger partial charge >= 0.3 is 6.03 Å². The number of alkyl halides is 2. The zero-order chi connectivity index (χ0) is 23.2. The number of halogens is 3. The van der Waals surface area contributed by atoms with Crippen LogP contribution in [0.4, 0.5) is 13.6 Å². The monoisotopic (exact) mass is 448 g/mol. The minimum Gasteiger partial charge on any atom is -0.332 e. The molecule has 1 aliphatic rings. The molecule has 0 aliphatic heterocycles. The molecule has 0 spiro atoms. The van der Waals surface area contributed by atoms with Crippen LogP contribution in [-0.2, 0) is 6.42 Å². The van der Waals surface area contributed by atoms with Gasteiger partial charge in [0.2, 0.25) is 0 Å². The van der Waals surface area contributed by atoms with Crippen molar-refractivity contribution in [2.24, 2.45) is 0 Å². The van der Waals surface area contributed by atoms with Gasteiger partial charge in [0.25, 0.3) is 5.92 Å². The summed E-state index contributed by atoms with van der Waals surface area (Å²) in [5.41, 5.74) is 4.68. The van der Waals surface area contributed by atoms with E-state index in [0.29, 0.717) is 17.7 Å². The van der Waals surface area contributed by atoms with Crippen LogP contribution in [0.5, 0.6) is 0 Å². The fourth-order valence-corrected chi connectivity index (χ4v) is 3.13. The van der Waals surface area contributed by atoms with Gasteiger partial charge in [-0.2, -0.15) is 0 Å². The van der Waals surface area contributed by atoms with Crippen LogP contribution in [0.3, 0.4) is 0 Å². The maximum absolute atomic E-state index is 13.0. The SMILES string of the molecule is CC/C(C)=C(/C=C1/C=C(c2cnccc2CC)C=C(Cl)C1=N)NC(=O)NCC(C)(F)F. The quantitative estimate of drug-likeness (QED) is 0.496. The first kappa shape index (κ1) is 24.5. The molecule has 3 N–H and O–H groups in total. The van der Waals surface area contributed by atoms with E-state index >= 15 is 0 Å². The van der Waals surface area contributed by atoms with Crippen molar-refractivity contribution in [1.29, 1.82) is 5.41 Å². The summed E-state index contributed by atoms with van der Waals surface area (Å²) in [7, 11) is 0. The molecule has 166 valence electrons. The van der Waals surface area contributed by atoms with Gasteiger partial charge in [-0.05, 0) is 60.8 Å². The van der Waals surface area contributed by atoms with E-state index in [4.69, 9.17) is 17.0 Å². The third kappa shape index (κ3) is 6.85. The van der Waals surface area contributed by atoms with Crippen LogP contribution in [-0.4, -0.2) is 29.2 Å². The molecule has 5 nitrogen and oxygen atoms in total. The zero-order valence-corrected chi connectivity index (χ0v) is 18.8. The minimum atomic E-state index is -3.01. The Kier molecular flexibility index (Phi) is 8.28. The molecular weight excluding hydrogens is 422 g/mol. The summed E-state index contributed by atoms with van der Waals surface area (Å²) in [5, 5.41) is 13.4. The number of pyridine rings is 1. The highest BCUT2D eigenvalue weighted by molar-refractivity contribution is 6.47. The summed E-state index contributed by atoms with van der Waals surface area (Å²) < 4.78 is 26.1. The van der Waals surface area contributed by atoms with Crippen molar-refractivity contribution in [2.75, 3.05) is 6.54 Å². The largest absolute Gasteiger partial charge is 0.332 e. The standard InChI is InChI=1S/C23H27ClF2N4O/c1-5-14(3)20(30-22(31)29-13-23(4,25)26)11-17-9-16(10-19(24)21(17)27)18-12-28-8-7-15(18)6-2/h7-12,27H,5-6,13H2,1-4H3,(H2,29,30,31)/b17-11-,20-14-,27-21?. The van der Waals surface area contributed by atoms with E-state index < -0.39 is 18.5 Å². The molecule has 1 aromatic rings. The third-order valence-corrected chi connectivity index (χ3v) is 5.12. The van der Waals surface area contributed by atoms with Gasteiger partial charge in [0, 0.05) is 36.2 Å². The lowest BCUT2D eigenvalue weighted by Gasteiger charge is -2.18. The van der Waals surface area contributed by atoms with E-state index in [1.54, 1.807) is 24.5 Å². The van der Waals surface area contributed by atoms with Crippen LogP contribution < -0.4 is 10.6 Å². The number of amides is 2. The van der Waals surface area contributed by atoms with Gasteiger partial charge in [-0.1, -0.05) is 25.4 Å². The highest BCUT2D eigenvalue weighted by atomic mass is 35.5. The molecule has 1 aromatic heterocycles. The predicted octanol–water partition coefficient (Wildman–Crippen LogP) is 5.75. The van der Waals surface area contributed by atoms with E-state index in [9.17, 15) is 13.6 Å². The normalized spacial score (nSPS) is 16.5. The van der Waals surface area contributed by atoms with Gasteiger partial charge in [0.15, 0.2) is 0 Å². The van der Waals surface area contributed by atoms with Crippen molar-refractivity contribution in [2.45, 2.75) is 46.5 Å². The molecule has 0 bridgehead atoms. The highest BCUT2D eigenvalue weighted by Crippen LogP contribution is 2.30. The van der Waals surface area contributed by atoms with Crippen LogP contribution in [0.2, 0.25) is 0 Å². The molecule has 0 unspecified atom stereocenters. The van der Waals surface area contributed by atoms with E-state index in [2.05, 4.69) is 15.6 Å². The Morgan fingerprint density at radius 1 is 1.32 bits per heavy atom. The minimum absolute atomic E-state index is 0.107. The Morgan fingerprint density at radius 2 is 2.03 bits per heavy atom. The Bertz CT molecular complexity index is 988. The smallest absolute Gasteiger partial charge is 0.319 e. The summed E-state index contributed by atoms with van der Waals surface area (Å²) >= 11 is 6.34. The number of nitrogens with zero attached hydrogens (tertiary/aromatic N) is 1. The predicted molar refractivity (Wildman–Crippen MR) is 121 cm³/mol. The fraction of sp³-hybridized carbons (Fsp3) is 0.348. The average molecular weight is 449 g/mol. The van der Waals surface area contributed by atoms with Crippen molar-refractivity contribution in [3.8, 4) is 0 Å². The number of carbonyl (C=O) groups excluding carboxylic acids is 1. The molecule has 2 amide bonds. The first-order valence-electron chi connectivity index (χ1n) is 10.0. The Balaban J connectivity index is 2.42. The summed E-state index contributed by atoms with van der Waals surface area (Å²) in [6.45, 7) is 5.74. The molecule has 8 heteroatoms. The molecule has 0 saturated heterocycles. The van der Waals surface area contributed by atoms with Crippen molar-refractivity contribution in [1.82, 2.24) is 15.6 Å². The van der Waals surface area contributed by atoms with Gasteiger partial charge in [-0.15, -0.1) is 0 Å². The topological polar surface area (TPSA) is 77.9 Å². The molecule has 0 fully saturated rings. The summed E-state index contributed by atoms with van der Waals surface area (Å²) in [4.78, 5) is 16.3. The number of carbonyl (C=O) groups is 1. The number of nitrogens with one attached hydrogen (secondary N) is 3. The fourth-order valence-electron chi connectivity index (χ4n) is 2.90. The van der Waals surface area contributed by atoms with Crippen LogP contribution >= 0.6 is 11.6 Å². The number of urea groups is 1. The van der Waals surface area contributed by atoms with Crippen molar-refractivity contribution in [3.63, 3.8) is 0 Å². The molecule has 1 aliphatic carbocycles. The molecule has 0 radical (unpaired) electrons. The highest BCUT2D eigenvalue weighted by Gasteiger charge is 2.22. The molecule has 0 saturated carbocycles. The van der Waals surface area contributed by atoms with Crippen LogP contribution in [0.1, 0.15) is 45.2 Å². The number of aromatic nitrogens is 1. The lowest BCUT2D eigenvalue weighted by atomic mass is 9.92. The second kappa shape index (κ2) is 10.5. The van der Waals surface area contributed by atoms with Gasteiger partial charge in [0.1, 0.15) is 0 Å². The van der Waals surface area contributed by atoms with Crippen molar-refractivity contribution < 1.29 is 13.6 Å². The molecule has 0 atom stereocenters. The van der Waals surface area contributed by atoms with Crippen LogP contribution in [0.15, 0.2) is 58.6 Å². The molecule has 1 heterocycles. The second-order valence-electron chi connectivity index (χ2n) is 7.38. The average Bonchev–Trinajstić information content (AvgIpc) is 2.73. The van der Waals surface area contributed by atoms with Gasteiger partial charge < -0.3 is 10.6 Å². The maximum atomic E-state index is 13.0. The lowest BCUT2D eigenvalue weighted by molar-refractivity contribution is 0.0253. The number of rotatable bonds is 7. The summed E-state index contributed by atoms with van der Waals surface area (Å²) in [6, 6.07) is 1.19. The third-order valence-electron chi connectivity index (χ3n) is 4.82. The lowest BCUT2D eigenvalue weighted by Crippen LogP contribution is -2.41. The van der Waals surface area contributed by atoms with E-state index in [1.807, 2.05) is 32.9 Å². The Labute approximate surface area is 186 Å². The molecular formula is C23H27ClF2N4O. The second-order valence-corrected chi connectivity index (χ2v) is 7.79. The maximum Gasteiger partial charge on any atom is 0.319 e. The molecule has 2 rings (SSSR count).